The summed E-state index contributed by atoms with van der Waals surface area (Å²) in [6, 6.07) is 20.3. The van der Waals surface area contributed by atoms with E-state index in [0.717, 1.165) is 42.5 Å². The minimum absolute atomic E-state index is 0.0380. The lowest BCUT2D eigenvalue weighted by molar-refractivity contribution is -0.385. The SMILES string of the molecule is O=C1C=C(S(=O)(=O)O)c2cc([N+](=O)[O-])ccc2/C1=N/Nc1c/c(=N/Nc2ccc([N+](=O)[O-])cc2)c(=O)/c(=N\Nc2ccc(Nc3ccccc3)c(S(=O)(=O)O)c2)c1=O. The number of nitrogens with one attached hydrogen (secondary N) is 4. The van der Waals surface area contributed by atoms with Crippen LogP contribution in [0.1, 0.15) is 11.1 Å². The summed E-state index contributed by atoms with van der Waals surface area (Å²) in [4.78, 5) is 59.8. The summed E-state index contributed by atoms with van der Waals surface area (Å²) in [6.45, 7) is 0. The summed E-state index contributed by atoms with van der Waals surface area (Å²) >= 11 is 0. The fourth-order valence-corrected chi connectivity index (χ4v) is 6.65. The van der Waals surface area contributed by atoms with E-state index in [1.165, 1.54) is 24.3 Å². The van der Waals surface area contributed by atoms with Crippen molar-refractivity contribution < 1.29 is 40.6 Å². The lowest BCUT2D eigenvalue weighted by Gasteiger charge is -2.16. The molecule has 0 heterocycles. The highest BCUT2D eigenvalue weighted by Crippen LogP contribution is 2.32. The molecule has 0 aromatic heterocycles. The van der Waals surface area contributed by atoms with Crippen LogP contribution in [0.2, 0.25) is 0 Å². The van der Waals surface area contributed by atoms with Gasteiger partial charge in [0.05, 0.1) is 26.9 Å². The maximum atomic E-state index is 13.7. The summed E-state index contributed by atoms with van der Waals surface area (Å²) in [6.07, 6.45) is 0.460. The number of hydrogen-bond donors (Lipinski definition) is 6. The van der Waals surface area contributed by atoms with E-state index in [0.29, 0.717) is 11.8 Å². The molecule has 6 N–H and O–H groups in total. The van der Waals surface area contributed by atoms with E-state index in [1.54, 1.807) is 30.3 Å². The zero-order valence-electron chi connectivity index (χ0n) is 28.8. The van der Waals surface area contributed by atoms with Gasteiger partial charge in [0.2, 0.25) is 16.6 Å². The Kier molecular flexibility index (Phi) is 10.8. The van der Waals surface area contributed by atoms with Crippen LogP contribution in [0.3, 0.4) is 0 Å². The Morgan fingerprint density at radius 2 is 1.22 bits per heavy atom. The van der Waals surface area contributed by atoms with Crippen molar-refractivity contribution >= 4 is 76.4 Å². The van der Waals surface area contributed by atoms with Crippen LogP contribution in [0.25, 0.3) is 4.91 Å². The minimum Gasteiger partial charge on any atom is -0.354 e. The zero-order chi connectivity index (χ0) is 41.9. The van der Waals surface area contributed by atoms with Gasteiger partial charge in [-0.3, -0.25) is 60.0 Å². The second kappa shape index (κ2) is 15.7. The summed E-state index contributed by atoms with van der Waals surface area (Å²) < 4.78 is 68.5. The Hall–Kier alpha value is -7.80. The van der Waals surface area contributed by atoms with Crippen molar-refractivity contribution in [1.29, 1.82) is 0 Å². The van der Waals surface area contributed by atoms with Crippen LogP contribution >= 0.6 is 0 Å². The Labute approximate surface area is 323 Å². The van der Waals surface area contributed by atoms with Crippen molar-refractivity contribution in [3.63, 3.8) is 0 Å². The van der Waals surface area contributed by atoms with Crippen molar-refractivity contribution in [3.05, 3.63) is 166 Å². The third-order valence-corrected chi connectivity index (χ3v) is 9.76. The molecule has 5 aromatic rings. The van der Waals surface area contributed by atoms with Gasteiger partial charge in [0.25, 0.3) is 31.6 Å². The molecule has 24 heteroatoms. The van der Waals surface area contributed by atoms with E-state index < -0.39 is 89.9 Å². The molecule has 0 aliphatic heterocycles. The van der Waals surface area contributed by atoms with Crippen molar-refractivity contribution in [2.45, 2.75) is 4.90 Å². The van der Waals surface area contributed by atoms with E-state index in [2.05, 4.69) is 36.9 Å². The number of rotatable bonds is 12. The normalized spacial score (nSPS) is 14.1. The molecule has 5 aromatic carbocycles. The highest BCUT2D eigenvalue weighted by Gasteiger charge is 2.32. The molecule has 6 rings (SSSR count). The first kappa shape index (κ1) is 39.9. The van der Waals surface area contributed by atoms with Gasteiger partial charge in [0.15, 0.2) is 5.36 Å². The van der Waals surface area contributed by atoms with E-state index >= 15 is 0 Å². The summed E-state index contributed by atoms with van der Waals surface area (Å²) in [5.74, 6) is -1.12. The Bertz CT molecular complexity index is 3080. The van der Waals surface area contributed by atoms with Crippen LogP contribution in [0.5, 0.6) is 0 Å². The monoisotopic (exact) mass is 829 g/mol. The minimum atomic E-state index is -5.09. The number of benzene rings is 5. The van der Waals surface area contributed by atoms with Gasteiger partial charge in [-0.15, -0.1) is 0 Å². The average molecular weight is 830 g/mol. The largest absolute Gasteiger partial charge is 0.354 e. The topological polar surface area (TPSA) is 331 Å². The lowest BCUT2D eigenvalue weighted by Crippen LogP contribution is -2.49. The number of para-hydroxylation sites is 1. The molecule has 0 unspecified atom stereocenters. The van der Waals surface area contributed by atoms with Crippen LogP contribution in [-0.2, 0) is 25.0 Å². The molecule has 0 saturated carbocycles. The average Bonchev–Trinajstić information content (AvgIpc) is 3.17. The molecule has 1 aliphatic rings. The molecule has 0 amide bonds. The van der Waals surface area contributed by atoms with E-state index in [1.807, 2.05) is 0 Å². The van der Waals surface area contributed by atoms with E-state index in [4.69, 9.17) is 0 Å². The number of hydrazone groups is 1. The van der Waals surface area contributed by atoms with Crippen LogP contribution in [0.4, 0.5) is 39.8 Å². The second-order valence-corrected chi connectivity index (χ2v) is 14.6. The number of hydrogen-bond acceptors (Lipinski definition) is 18. The first-order valence-electron chi connectivity index (χ1n) is 15.9. The number of carbonyl (C=O) groups excluding carboxylic acids is 1. The van der Waals surface area contributed by atoms with Crippen molar-refractivity contribution in [2.75, 3.05) is 21.6 Å². The van der Waals surface area contributed by atoms with Crippen LogP contribution in [0.15, 0.2) is 133 Å². The number of nitro benzene ring substituents is 2. The number of fused-ring (bicyclic) bond motifs is 1. The second-order valence-electron chi connectivity index (χ2n) is 11.8. The van der Waals surface area contributed by atoms with Crippen LogP contribution in [0, 0.1) is 20.2 Å². The molecule has 22 nitrogen and oxygen atoms in total. The molecule has 58 heavy (non-hydrogen) atoms. The van der Waals surface area contributed by atoms with Gasteiger partial charge in [-0.25, -0.2) is 0 Å². The molecule has 294 valence electrons. The quantitative estimate of drug-likeness (QED) is 0.0598. The van der Waals surface area contributed by atoms with Gasteiger partial charge in [-0.2, -0.15) is 32.1 Å². The number of anilines is 5. The molecule has 0 atom stereocenters. The van der Waals surface area contributed by atoms with Gasteiger partial charge in [-0.1, -0.05) is 18.2 Å². The highest BCUT2D eigenvalue weighted by atomic mass is 32.2. The number of nitrogens with zero attached hydrogens (tertiary/aromatic N) is 5. The Balaban J connectivity index is 1.45. The Morgan fingerprint density at radius 1 is 0.586 bits per heavy atom. The predicted molar refractivity (Wildman–Crippen MR) is 207 cm³/mol. The Morgan fingerprint density at radius 3 is 1.86 bits per heavy atom. The maximum absolute atomic E-state index is 13.7. The third-order valence-electron chi connectivity index (χ3n) is 7.98. The number of carbonyl (C=O) groups is 1. The van der Waals surface area contributed by atoms with Gasteiger partial charge in [0, 0.05) is 47.2 Å². The van der Waals surface area contributed by atoms with Crippen molar-refractivity contribution in [3.8, 4) is 0 Å². The first-order valence-corrected chi connectivity index (χ1v) is 18.8. The molecule has 0 saturated heterocycles. The highest BCUT2D eigenvalue weighted by molar-refractivity contribution is 7.95. The molecule has 0 fully saturated rings. The van der Waals surface area contributed by atoms with Crippen molar-refractivity contribution in [2.24, 2.45) is 15.3 Å². The molecule has 0 spiro atoms. The molecule has 0 bridgehead atoms. The van der Waals surface area contributed by atoms with Gasteiger partial charge < -0.3 is 5.32 Å². The van der Waals surface area contributed by atoms with Gasteiger partial charge in [-0.05, 0) is 54.6 Å². The van der Waals surface area contributed by atoms with E-state index in [9.17, 15) is 60.6 Å². The maximum Gasteiger partial charge on any atom is 0.296 e. The summed E-state index contributed by atoms with van der Waals surface area (Å²) in [5, 5.41) is 35.7. The summed E-state index contributed by atoms with van der Waals surface area (Å²) in [5.41, 5.74) is 2.59. The first-order chi connectivity index (χ1) is 27.4. The predicted octanol–water partition coefficient (Wildman–Crippen LogP) is 2.57. The molecular weight excluding hydrogens is 807 g/mol. The fourth-order valence-electron chi connectivity index (χ4n) is 5.27. The zero-order valence-corrected chi connectivity index (χ0v) is 30.4. The molecule has 0 radical (unpaired) electrons. The van der Waals surface area contributed by atoms with Crippen LogP contribution < -0.4 is 43.2 Å². The van der Waals surface area contributed by atoms with Crippen molar-refractivity contribution in [1.82, 2.24) is 0 Å². The van der Waals surface area contributed by atoms with Gasteiger partial charge >= 0.3 is 0 Å². The van der Waals surface area contributed by atoms with Crippen LogP contribution in [-0.4, -0.2) is 47.3 Å². The number of non-ortho nitro benzene ring substituents is 2. The smallest absolute Gasteiger partial charge is 0.296 e. The number of ketones is 1. The molecule has 1 aliphatic carbocycles. The van der Waals surface area contributed by atoms with Gasteiger partial charge in [0.1, 0.15) is 26.6 Å². The molecular formula is C34H23N9O13S2. The fraction of sp³-hybridized carbons (Fsp3) is 0. The lowest BCUT2D eigenvalue weighted by atomic mass is 9.94. The standard InChI is InChI=1S/C34H23N9O13S2/c44-28-17-29(57(51,52)53)24-15-22(43(49)50)11-12-23(24)31(28)40-39-27-16-26(38-36-19-6-9-21(10-7-19)42(47)48)33(45)32(34(27)46)41-37-20-8-13-25(30(14-20)58(54,55)56)35-18-4-2-1-3-5-18/h1-17,35-37,39H,(H,51,52,53)(H,54,55,56)/b38-26-,40-31-,41-32+. The third kappa shape index (κ3) is 8.68. The summed E-state index contributed by atoms with van der Waals surface area (Å²) in [7, 11) is -9.94. The number of allylic oxidation sites excluding steroid dienone is 1. The van der Waals surface area contributed by atoms with E-state index in [-0.39, 0.29) is 28.3 Å². The number of nitro groups is 2.